The van der Waals surface area contributed by atoms with Crippen molar-refractivity contribution in [1.29, 1.82) is 0 Å². The van der Waals surface area contributed by atoms with Crippen molar-refractivity contribution in [1.82, 2.24) is 5.32 Å². The van der Waals surface area contributed by atoms with Gasteiger partial charge in [-0.15, -0.1) is 0 Å². The molecule has 2 rings (SSSR count). The van der Waals surface area contributed by atoms with Crippen LogP contribution >= 0.6 is 0 Å². The Hall–Kier alpha value is -1.61. The Kier molecular flexibility index (Phi) is 3.98. The molecule has 1 unspecified atom stereocenters. The summed E-state index contributed by atoms with van der Waals surface area (Å²) in [6, 6.07) is 0. The van der Waals surface area contributed by atoms with E-state index in [4.69, 9.17) is 11.5 Å². The molecule has 2 aliphatic rings. The van der Waals surface area contributed by atoms with Crippen molar-refractivity contribution < 1.29 is 28.1 Å². The number of rotatable bonds is 1. The lowest BCUT2D eigenvalue weighted by Crippen LogP contribution is -2.85. The van der Waals surface area contributed by atoms with E-state index in [0.717, 1.165) is 0 Å². The molecule has 0 saturated carbocycles. The van der Waals surface area contributed by atoms with Crippen LogP contribution in [0.5, 0.6) is 0 Å². The molecule has 0 aromatic carbocycles. The van der Waals surface area contributed by atoms with E-state index in [0.29, 0.717) is 25.9 Å². The standard InChI is InChI=1S/C12H17F3N4O2/c13-12(14,15)11(21)5-7(20)19-10(17)8(11)9(16)6-1-3-18-4-2-6/h6,18,21H,1-5,16H2,(H2,17,19,20)/p+1. The number of amidine groups is 1. The third-order valence-corrected chi connectivity index (χ3v) is 3.91. The summed E-state index contributed by atoms with van der Waals surface area (Å²) in [5, 5.41) is 13.1. The summed E-state index contributed by atoms with van der Waals surface area (Å²) >= 11 is 0. The van der Waals surface area contributed by atoms with Crippen LogP contribution in [0.3, 0.4) is 0 Å². The lowest BCUT2D eigenvalue weighted by Gasteiger charge is -2.35. The van der Waals surface area contributed by atoms with Crippen LogP contribution in [0.25, 0.3) is 0 Å². The average molecular weight is 307 g/mol. The molecular formula is C12H18F3N4O2+. The number of nitrogens with one attached hydrogen (secondary N) is 2. The SMILES string of the molecule is NC1=[NH+]C(=O)CC(O)(C(F)(F)F)C1=C(N)C1CCNCC1. The first-order chi connectivity index (χ1) is 9.67. The molecule has 118 valence electrons. The maximum atomic E-state index is 13.2. The summed E-state index contributed by atoms with van der Waals surface area (Å²) in [7, 11) is 0. The minimum Gasteiger partial charge on any atom is -0.401 e. The summed E-state index contributed by atoms with van der Waals surface area (Å²) in [6.45, 7) is 1.24. The molecule has 0 bridgehead atoms. The molecule has 0 aromatic heterocycles. The van der Waals surface area contributed by atoms with Gasteiger partial charge in [0.05, 0.1) is 6.42 Å². The molecule has 9 heteroatoms. The van der Waals surface area contributed by atoms with Gasteiger partial charge in [0.1, 0.15) is 5.57 Å². The lowest BCUT2D eigenvalue weighted by atomic mass is 9.80. The Bertz CT molecular complexity index is 509. The summed E-state index contributed by atoms with van der Waals surface area (Å²) in [4.78, 5) is 13.5. The van der Waals surface area contributed by atoms with Crippen LogP contribution < -0.4 is 21.8 Å². The Morgan fingerprint density at radius 1 is 1.38 bits per heavy atom. The topological polar surface area (TPSA) is 115 Å². The molecule has 0 aliphatic carbocycles. The van der Waals surface area contributed by atoms with Crippen LogP contribution in [0.4, 0.5) is 13.2 Å². The number of amides is 1. The molecule has 0 aromatic rings. The number of nitrogens with two attached hydrogens (primary N) is 2. The first kappa shape index (κ1) is 15.8. The first-order valence-corrected chi connectivity index (χ1v) is 6.59. The maximum absolute atomic E-state index is 13.2. The third-order valence-electron chi connectivity index (χ3n) is 3.91. The van der Waals surface area contributed by atoms with E-state index in [2.05, 4.69) is 10.3 Å². The molecule has 1 saturated heterocycles. The number of hydrogen-bond acceptors (Lipinski definition) is 5. The number of allylic oxidation sites excluding steroid dienone is 1. The second-order valence-electron chi connectivity index (χ2n) is 5.35. The van der Waals surface area contributed by atoms with Crippen LogP contribution in [-0.4, -0.2) is 41.7 Å². The second-order valence-corrected chi connectivity index (χ2v) is 5.35. The zero-order valence-corrected chi connectivity index (χ0v) is 11.3. The van der Waals surface area contributed by atoms with Crippen LogP contribution in [0.2, 0.25) is 0 Å². The third kappa shape index (κ3) is 2.75. The van der Waals surface area contributed by atoms with Gasteiger partial charge in [0, 0.05) is 11.6 Å². The molecule has 2 heterocycles. The fourth-order valence-corrected chi connectivity index (χ4v) is 2.77. The normalized spacial score (nSPS) is 31.0. The van der Waals surface area contributed by atoms with Crippen molar-refractivity contribution in [3.8, 4) is 0 Å². The molecule has 1 fully saturated rings. The minimum absolute atomic E-state index is 0.103. The van der Waals surface area contributed by atoms with E-state index in [1.807, 2.05) is 0 Å². The Labute approximate surface area is 119 Å². The second kappa shape index (κ2) is 5.30. The number of carbonyl (C=O) groups is 1. The van der Waals surface area contributed by atoms with Crippen LogP contribution in [-0.2, 0) is 4.79 Å². The van der Waals surface area contributed by atoms with Gasteiger partial charge < -0.3 is 16.2 Å². The number of halogens is 3. The molecule has 0 spiro atoms. The van der Waals surface area contributed by atoms with Crippen molar-refractivity contribution >= 4 is 11.7 Å². The highest BCUT2D eigenvalue weighted by atomic mass is 19.4. The van der Waals surface area contributed by atoms with Gasteiger partial charge in [-0.25, -0.2) is 9.79 Å². The van der Waals surface area contributed by atoms with Gasteiger partial charge >= 0.3 is 12.1 Å². The van der Waals surface area contributed by atoms with Crippen molar-refractivity contribution in [3.05, 3.63) is 11.3 Å². The van der Waals surface area contributed by atoms with Crippen LogP contribution in [0, 0.1) is 5.92 Å². The van der Waals surface area contributed by atoms with Crippen LogP contribution in [0.1, 0.15) is 19.3 Å². The van der Waals surface area contributed by atoms with E-state index < -0.39 is 35.5 Å². The van der Waals surface area contributed by atoms with Crippen molar-refractivity contribution in [2.45, 2.75) is 31.0 Å². The van der Waals surface area contributed by atoms with E-state index in [-0.39, 0.29) is 11.6 Å². The number of aliphatic hydroxyl groups is 1. The predicted octanol–water partition coefficient (Wildman–Crippen LogP) is -2.14. The van der Waals surface area contributed by atoms with Gasteiger partial charge in [-0.3, -0.25) is 5.73 Å². The lowest BCUT2D eigenvalue weighted by molar-refractivity contribution is -0.392. The minimum atomic E-state index is -5.04. The Morgan fingerprint density at radius 2 is 1.95 bits per heavy atom. The number of hydrogen-bond donors (Lipinski definition) is 5. The van der Waals surface area contributed by atoms with Gasteiger partial charge in [0.15, 0.2) is 0 Å². The molecular weight excluding hydrogens is 289 g/mol. The quantitative estimate of drug-likeness (QED) is 0.379. The molecule has 6 nitrogen and oxygen atoms in total. The molecule has 1 atom stereocenters. The molecule has 7 N–H and O–H groups in total. The largest absolute Gasteiger partial charge is 0.422 e. The first-order valence-electron chi connectivity index (χ1n) is 6.59. The fraction of sp³-hybridized carbons (Fsp3) is 0.667. The smallest absolute Gasteiger partial charge is 0.401 e. The highest BCUT2D eigenvalue weighted by Crippen LogP contribution is 2.41. The average Bonchev–Trinajstić information content (AvgIpc) is 2.37. The fourth-order valence-electron chi connectivity index (χ4n) is 2.77. The number of alkyl halides is 3. The summed E-state index contributed by atoms with van der Waals surface area (Å²) < 4.78 is 39.7. The number of carbonyl (C=O) groups excluding carboxylic acids is 1. The molecule has 21 heavy (non-hydrogen) atoms. The Balaban J connectivity index is 2.54. The Morgan fingerprint density at radius 3 is 2.48 bits per heavy atom. The van der Waals surface area contributed by atoms with E-state index >= 15 is 0 Å². The monoisotopic (exact) mass is 307 g/mol. The van der Waals surface area contributed by atoms with Crippen LogP contribution in [0.15, 0.2) is 11.3 Å². The van der Waals surface area contributed by atoms with E-state index in [9.17, 15) is 23.1 Å². The summed E-state index contributed by atoms with van der Waals surface area (Å²) in [6.07, 6.45) is -5.09. The molecule has 2 aliphatic heterocycles. The summed E-state index contributed by atoms with van der Waals surface area (Å²) in [5.41, 5.74) is 7.34. The summed E-state index contributed by atoms with van der Waals surface area (Å²) in [5.74, 6) is -1.83. The molecule has 0 radical (unpaired) electrons. The van der Waals surface area contributed by atoms with Crippen molar-refractivity contribution in [2.75, 3.05) is 13.1 Å². The maximum Gasteiger partial charge on any atom is 0.422 e. The zero-order chi connectivity index (χ0) is 15.8. The zero-order valence-electron chi connectivity index (χ0n) is 11.3. The van der Waals surface area contributed by atoms with Crippen molar-refractivity contribution in [2.24, 2.45) is 17.4 Å². The predicted molar refractivity (Wildman–Crippen MR) is 67.6 cm³/mol. The highest BCUT2D eigenvalue weighted by Gasteiger charge is 2.62. The van der Waals surface area contributed by atoms with Gasteiger partial charge in [-0.1, -0.05) is 0 Å². The van der Waals surface area contributed by atoms with E-state index in [1.54, 1.807) is 0 Å². The van der Waals surface area contributed by atoms with Gasteiger partial charge in [-0.2, -0.15) is 13.2 Å². The number of piperidine rings is 1. The van der Waals surface area contributed by atoms with Gasteiger partial charge in [-0.05, 0) is 25.9 Å². The molecule has 1 amide bonds. The van der Waals surface area contributed by atoms with Gasteiger partial charge in [0.2, 0.25) is 5.60 Å². The van der Waals surface area contributed by atoms with Gasteiger partial charge in [0.25, 0.3) is 5.84 Å². The highest BCUT2D eigenvalue weighted by molar-refractivity contribution is 6.00. The van der Waals surface area contributed by atoms with Crippen molar-refractivity contribution in [3.63, 3.8) is 0 Å². The van der Waals surface area contributed by atoms with E-state index in [1.165, 1.54) is 0 Å².